The van der Waals surface area contributed by atoms with Gasteiger partial charge < -0.3 is 20.1 Å². The molecule has 1 aromatic carbocycles. The highest BCUT2D eigenvalue weighted by atomic mass is 35.5. The summed E-state index contributed by atoms with van der Waals surface area (Å²) < 4.78 is 10.4. The van der Waals surface area contributed by atoms with Crippen LogP contribution < -0.4 is 15.4 Å². The van der Waals surface area contributed by atoms with E-state index in [1.54, 1.807) is 13.2 Å². The van der Waals surface area contributed by atoms with E-state index in [-0.39, 0.29) is 12.1 Å². The van der Waals surface area contributed by atoms with Crippen molar-refractivity contribution in [1.29, 1.82) is 0 Å². The van der Waals surface area contributed by atoms with Gasteiger partial charge in [-0.05, 0) is 45.7 Å². The van der Waals surface area contributed by atoms with Gasteiger partial charge in [-0.2, -0.15) is 0 Å². The Bertz CT molecular complexity index is 537. The number of hydrogen-bond acceptors (Lipinski definition) is 4. The molecule has 2 N–H and O–H groups in total. The summed E-state index contributed by atoms with van der Waals surface area (Å²) in [6.45, 7) is 5.56. The predicted octanol–water partition coefficient (Wildman–Crippen LogP) is 3.82. The summed E-state index contributed by atoms with van der Waals surface area (Å²) in [5.74, 6) is 0.648. The maximum Gasteiger partial charge on any atom is 0.407 e. The largest absolute Gasteiger partial charge is 0.495 e. The molecule has 0 spiro atoms. The molecule has 6 heteroatoms. The molecule has 0 bridgehead atoms. The molecule has 1 saturated carbocycles. The summed E-state index contributed by atoms with van der Waals surface area (Å²) in [6.07, 6.45) is 1.37. The van der Waals surface area contributed by atoms with Crippen LogP contribution in [0.15, 0.2) is 18.2 Å². The lowest BCUT2D eigenvalue weighted by Crippen LogP contribution is -2.50. The Morgan fingerprint density at radius 2 is 1.95 bits per heavy atom. The van der Waals surface area contributed by atoms with Crippen molar-refractivity contribution >= 4 is 23.4 Å². The normalized spacial score (nSPS) is 20.8. The molecule has 1 aliphatic carbocycles. The summed E-state index contributed by atoms with van der Waals surface area (Å²) in [7, 11) is 1.59. The molecule has 1 fully saturated rings. The molecule has 22 heavy (non-hydrogen) atoms. The minimum absolute atomic E-state index is 0.154. The maximum atomic E-state index is 11.7. The van der Waals surface area contributed by atoms with E-state index in [0.29, 0.717) is 16.8 Å². The first-order valence-electron chi connectivity index (χ1n) is 7.36. The third-order valence-electron chi connectivity index (χ3n) is 3.38. The molecule has 122 valence electrons. The van der Waals surface area contributed by atoms with Crippen LogP contribution in [0.4, 0.5) is 10.5 Å². The number of halogens is 1. The fraction of sp³-hybridized carbons (Fsp3) is 0.562. The second kappa shape index (κ2) is 6.65. The van der Waals surface area contributed by atoms with E-state index in [1.165, 1.54) is 0 Å². The van der Waals surface area contributed by atoms with Crippen molar-refractivity contribution in [2.45, 2.75) is 51.3 Å². The van der Waals surface area contributed by atoms with Gasteiger partial charge >= 0.3 is 6.09 Å². The van der Waals surface area contributed by atoms with Crippen molar-refractivity contribution in [1.82, 2.24) is 5.32 Å². The third-order valence-corrected chi connectivity index (χ3v) is 3.69. The highest BCUT2D eigenvalue weighted by molar-refractivity contribution is 6.32. The molecule has 0 aromatic heterocycles. The van der Waals surface area contributed by atoms with Gasteiger partial charge in [0.1, 0.15) is 11.4 Å². The molecule has 0 aliphatic heterocycles. The molecular weight excluding hydrogens is 304 g/mol. The first kappa shape index (κ1) is 16.7. The molecule has 2 rings (SSSR count). The minimum atomic E-state index is -0.467. The Morgan fingerprint density at radius 1 is 1.27 bits per heavy atom. The lowest BCUT2D eigenvalue weighted by atomic mass is 9.86. The fourth-order valence-electron chi connectivity index (χ4n) is 2.31. The van der Waals surface area contributed by atoms with Gasteiger partial charge in [0.2, 0.25) is 0 Å². The zero-order valence-electron chi connectivity index (χ0n) is 13.4. The second-order valence-corrected chi connectivity index (χ2v) is 6.91. The van der Waals surface area contributed by atoms with Crippen LogP contribution in [0.5, 0.6) is 5.75 Å². The quantitative estimate of drug-likeness (QED) is 0.883. The SMILES string of the molecule is COc1cc(NC2CC(NC(=O)OC(C)(C)C)C2)ccc1Cl. The average Bonchev–Trinajstić information content (AvgIpc) is 2.36. The molecule has 0 atom stereocenters. The molecule has 1 amide bonds. The van der Waals surface area contributed by atoms with Crippen molar-refractivity contribution in [3.63, 3.8) is 0 Å². The van der Waals surface area contributed by atoms with Gasteiger partial charge in [0.05, 0.1) is 12.1 Å². The Kier molecular flexibility index (Phi) is 5.06. The number of anilines is 1. The Morgan fingerprint density at radius 3 is 2.55 bits per heavy atom. The van der Waals surface area contributed by atoms with Crippen LogP contribution in [-0.2, 0) is 4.74 Å². The fourth-order valence-corrected chi connectivity index (χ4v) is 2.51. The average molecular weight is 327 g/mol. The number of rotatable bonds is 4. The van der Waals surface area contributed by atoms with E-state index < -0.39 is 5.60 Å². The van der Waals surface area contributed by atoms with Gasteiger partial charge in [-0.15, -0.1) is 0 Å². The van der Waals surface area contributed by atoms with E-state index >= 15 is 0 Å². The number of nitrogens with one attached hydrogen (secondary N) is 2. The summed E-state index contributed by atoms with van der Waals surface area (Å²) in [5, 5.41) is 6.86. The molecule has 0 saturated heterocycles. The van der Waals surface area contributed by atoms with Crippen LogP contribution in [0.3, 0.4) is 0 Å². The molecule has 0 radical (unpaired) electrons. The Labute approximate surface area is 136 Å². The van der Waals surface area contributed by atoms with Crippen molar-refractivity contribution < 1.29 is 14.3 Å². The zero-order valence-corrected chi connectivity index (χ0v) is 14.2. The second-order valence-electron chi connectivity index (χ2n) is 6.51. The first-order chi connectivity index (χ1) is 10.3. The lowest BCUT2D eigenvalue weighted by Gasteiger charge is -2.37. The van der Waals surface area contributed by atoms with Crippen LogP contribution in [0, 0.1) is 0 Å². The van der Waals surface area contributed by atoms with Crippen molar-refractivity contribution in [2.75, 3.05) is 12.4 Å². The molecule has 1 aliphatic rings. The van der Waals surface area contributed by atoms with E-state index in [1.807, 2.05) is 32.9 Å². The van der Waals surface area contributed by atoms with Crippen LogP contribution in [-0.4, -0.2) is 30.9 Å². The third kappa shape index (κ3) is 4.70. The highest BCUT2D eigenvalue weighted by Gasteiger charge is 2.31. The number of methoxy groups -OCH3 is 1. The Balaban J connectivity index is 1.77. The van der Waals surface area contributed by atoms with Crippen molar-refractivity contribution in [2.24, 2.45) is 0 Å². The molecule has 1 aromatic rings. The van der Waals surface area contributed by atoms with Crippen LogP contribution >= 0.6 is 11.6 Å². The monoisotopic (exact) mass is 326 g/mol. The van der Waals surface area contributed by atoms with Gasteiger partial charge in [0.25, 0.3) is 0 Å². The predicted molar refractivity (Wildman–Crippen MR) is 87.8 cm³/mol. The standard InChI is InChI=1S/C16H23ClN2O3/c1-16(2,3)22-15(20)19-12-7-11(8-12)18-10-5-6-13(17)14(9-10)21-4/h5-6,9,11-12,18H,7-8H2,1-4H3,(H,19,20). The maximum absolute atomic E-state index is 11.7. The summed E-state index contributed by atoms with van der Waals surface area (Å²) >= 11 is 6.00. The number of amides is 1. The molecule has 0 heterocycles. The molecular formula is C16H23ClN2O3. The number of carbonyl (C=O) groups is 1. The number of ether oxygens (including phenoxy) is 2. The summed E-state index contributed by atoms with van der Waals surface area (Å²) in [6, 6.07) is 6.07. The van der Waals surface area contributed by atoms with Gasteiger partial charge in [-0.3, -0.25) is 0 Å². The number of benzene rings is 1. The summed E-state index contributed by atoms with van der Waals surface area (Å²) in [5.41, 5.74) is 0.493. The van der Waals surface area contributed by atoms with Gasteiger partial charge in [0, 0.05) is 23.8 Å². The lowest BCUT2D eigenvalue weighted by molar-refractivity contribution is 0.0475. The van der Waals surface area contributed by atoms with Crippen LogP contribution in [0.1, 0.15) is 33.6 Å². The van der Waals surface area contributed by atoms with Crippen molar-refractivity contribution in [3.05, 3.63) is 23.2 Å². The summed E-state index contributed by atoms with van der Waals surface area (Å²) in [4.78, 5) is 11.7. The first-order valence-corrected chi connectivity index (χ1v) is 7.74. The van der Waals surface area contributed by atoms with Gasteiger partial charge in [-0.1, -0.05) is 11.6 Å². The van der Waals surface area contributed by atoms with E-state index in [4.69, 9.17) is 21.1 Å². The van der Waals surface area contributed by atoms with Crippen LogP contribution in [0.25, 0.3) is 0 Å². The number of hydrogen-bond donors (Lipinski definition) is 2. The van der Waals surface area contributed by atoms with E-state index in [0.717, 1.165) is 18.5 Å². The highest BCUT2D eigenvalue weighted by Crippen LogP contribution is 2.30. The smallest absolute Gasteiger partial charge is 0.407 e. The van der Waals surface area contributed by atoms with Gasteiger partial charge in [-0.25, -0.2) is 4.79 Å². The molecule has 0 unspecified atom stereocenters. The minimum Gasteiger partial charge on any atom is -0.495 e. The molecule has 5 nitrogen and oxygen atoms in total. The number of carbonyl (C=O) groups excluding carboxylic acids is 1. The van der Waals surface area contributed by atoms with Crippen LogP contribution in [0.2, 0.25) is 5.02 Å². The van der Waals surface area contributed by atoms with E-state index in [9.17, 15) is 4.79 Å². The van der Waals surface area contributed by atoms with Gasteiger partial charge in [0.15, 0.2) is 0 Å². The zero-order chi connectivity index (χ0) is 16.3. The number of alkyl carbamates (subject to hydrolysis) is 1. The van der Waals surface area contributed by atoms with E-state index in [2.05, 4.69) is 10.6 Å². The van der Waals surface area contributed by atoms with Crippen molar-refractivity contribution in [3.8, 4) is 5.75 Å². The Hall–Kier alpha value is -1.62. The topological polar surface area (TPSA) is 59.6 Å².